The first-order valence-electron chi connectivity index (χ1n) is 4.93. The molecule has 0 aliphatic rings. The fourth-order valence-electron chi connectivity index (χ4n) is 1.40. The van der Waals surface area contributed by atoms with Gasteiger partial charge in [0.2, 0.25) is 0 Å². The number of benzene rings is 1. The summed E-state index contributed by atoms with van der Waals surface area (Å²) in [5.41, 5.74) is 1.72. The predicted octanol–water partition coefficient (Wildman–Crippen LogP) is 3.36. The highest BCUT2D eigenvalue weighted by molar-refractivity contribution is 9.10. The van der Waals surface area contributed by atoms with Gasteiger partial charge in [-0.3, -0.25) is 4.79 Å². The lowest BCUT2D eigenvalue weighted by Gasteiger charge is -2.09. The van der Waals surface area contributed by atoms with Gasteiger partial charge in [-0.15, -0.1) is 0 Å². The van der Waals surface area contributed by atoms with Gasteiger partial charge in [-0.1, -0.05) is 22.9 Å². The van der Waals surface area contributed by atoms with E-state index in [4.69, 9.17) is 4.74 Å². The minimum absolute atomic E-state index is 0.0923. The summed E-state index contributed by atoms with van der Waals surface area (Å²) in [6, 6.07) is 5.50. The number of hydrogen-bond acceptors (Lipinski definition) is 2. The molecule has 3 heteroatoms. The largest absolute Gasteiger partial charge is 0.496 e. The summed E-state index contributed by atoms with van der Waals surface area (Å²) < 4.78 is 5.14. The number of alkyl halides is 1. The molecular formula is C12H15BrO2. The van der Waals surface area contributed by atoms with Crippen molar-refractivity contribution in [3.8, 4) is 5.75 Å². The van der Waals surface area contributed by atoms with E-state index in [0.29, 0.717) is 0 Å². The standard InChI is InChI=1S/C12H15BrO2/c1-4-10(13)12(14)9-5-6-11(15-3)8(2)7-9/h5-7,10H,4H2,1-3H3. The molecule has 0 bridgehead atoms. The summed E-state index contributed by atoms with van der Waals surface area (Å²) in [4.78, 5) is 11.7. The van der Waals surface area contributed by atoms with Crippen molar-refractivity contribution in [1.82, 2.24) is 0 Å². The van der Waals surface area contributed by atoms with Crippen LogP contribution in [-0.4, -0.2) is 17.7 Å². The van der Waals surface area contributed by atoms with Crippen LogP contribution in [0.5, 0.6) is 5.75 Å². The van der Waals surface area contributed by atoms with E-state index in [1.165, 1.54) is 0 Å². The molecule has 2 nitrogen and oxygen atoms in total. The van der Waals surface area contributed by atoms with Crippen LogP contribution in [0.2, 0.25) is 0 Å². The fourth-order valence-corrected chi connectivity index (χ4v) is 1.66. The Morgan fingerprint density at radius 1 is 1.53 bits per heavy atom. The van der Waals surface area contributed by atoms with E-state index in [-0.39, 0.29) is 10.6 Å². The monoisotopic (exact) mass is 270 g/mol. The molecule has 1 rings (SSSR count). The van der Waals surface area contributed by atoms with Crippen LogP contribution in [0.4, 0.5) is 0 Å². The number of carbonyl (C=O) groups is 1. The molecule has 0 fully saturated rings. The fraction of sp³-hybridized carbons (Fsp3) is 0.417. The lowest BCUT2D eigenvalue weighted by Crippen LogP contribution is -2.13. The highest BCUT2D eigenvalue weighted by Gasteiger charge is 2.15. The van der Waals surface area contributed by atoms with Crippen molar-refractivity contribution in [1.29, 1.82) is 0 Å². The number of ketones is 1. The molecule has 0 aromatic heterocycles. The highest BCUT2D eigenvalue weighted by Crippen LogP contribution is 2.21. The number of ether oxygens (including phenoxy) is 1. The minimum atomic E-state index is -0.0923. The molecule has 0 amide bonds. The summed E-state index contributed by atoms with van der Waals surface area (Å²) in [5.74, 6) is 0.942. The molecule has 0 heterocycles. The number of halogens is 1. The molecule has 1 unspecified atom stereocenters. The predicted molar refractivity (Wildman–Crippen MR) is 65.1 cm³/mol. The SMILES string of the molecule is CCC(Br)C(=O)c1ccc(OC)c(C)c1. The zero-order valence-corrected chi connectivity index (χ0v) is 10.8. The van der Waals surface area contributed by atoms with Crippen molar-refractivity contribution in [2.75, 3.05) is 7.11 Å². The average Bonchev–Trinajstić information content (AvgIpc) is 2.26. The Morgan fingerprint density at radius 3 is 2.67 bits per heavy atom. The van der Waals surface area contributed by atoms with Crippen LogP contribution in [0.1, 0.15) is 29.3 Å². The van der Waals surface area contributed by atoms with E-state index in [2.05, 4.69) is 15.9 Å². The van der Waals surface area contributed by atoms with Gasteiger partial charge in [-0.05, 0) is 37.1 Å². The van der Waals surface area contributed by atoms with Crippen molar-refractivity contribution >= 4 is 21.7 Å². The first-order chi connectivity index (χ1) is 7.10. The second-order valence-electron chi connectivity index (χ2n) is 3.42. The van der Waals surface area contributed by atoms with E-state index in [0.717, 1.165) is 23.3 Å². The zero-order valence-electron chi connectivity index (χ0n) is 9.21. The molecule has 1 aromatic rings. The van der Waals surface area contributed by atoms with Gasteiger partial charge in [0.1, 0.15) is 5.75 Å². The lowest BCUT2D eigenvalue weighted by atomic mass is 10.0. The number of hydrogen-bond donors (Lipinski definition) is 0. The average molecular weight is 271 g/mol. The molecule has 82 valence electrons. The van der Waals surface area contributed by atoms with Crippen LogP contribution in [0.3, 0.4) is 0 Å². The molecule has 0 saturated carbocycles. The Bertz CT molecular complexity index is 361. The first-order valence-corrected chi connectivity index (χ1v) is 5.84. The van der Waals surface area contributed by atoms with Gasteiger partial charge < -0.3 is 4.74 Å². The molecule has 0 N–H and O–H groups in total. The third-order valence-corrected chi connectivity index (χ3v) is 3.39. The molecular weight excluding hydrogens is 256 g/mol. The van der Waals surface area contributed by atoms with Crippen LogP contribution >= 0.6 is 15.9 Å². The third kappa shape index (κ3) is 2.81. The van der Waals surface area contributed by atoms with Crippen LogP contribution < -0.4 is 4.74 Å². The molecule has 15 heavy (non-hydrogen) atoms. The zero-order chi connectivity index (χ0) is 11.4. The maximum atomic E-state index is 11.8. The Hall–Kier alpha value is -0.830. The summed E-state index contributed by atoms with van der Waals surface area (Å²) in [6.45, 7) is 3.92. The summed E-state index contributed by atoms with van der Waals surface area (Å²) in [5, 5.41) is 0. The van der Waals surface area contributed by atoms with Crippen LogP contribution in [-0.2, 0) is 0 Å². The van der Waals surface area contributed by atoms with E-state index < -0.39 is 0 Å². The first kappa shape index (κ1) is 12.2. The van der Waals surface area contributed by atoms with Gasteiger partial charge in [-0.25, -0.2) is 0 Å². The van der Waals surface area contributed by atoms with Gasteiger partial charge >= 0.3 is 0 Å². The molecule has 0 aliphatic carbocycles. The molecule has 0 spiro atoms. The Morgan fingerprint density at radius 2 is 2.20 bits per heavy atom. The minimum Gasteiger partial charge on any atom is -0.496 e. The Balaban J connectivity index is 2.97. The summed E-state index contributed by atoms with van der Waals surface area (Å²) in [7, 11) is 1.63. The van der Waals surface area contributed by atoms with Gasteiger partial charge in [0.15, 0.2) is 5.78 Å². The van der Waals surface area contributed by atoms with Gasteiger partial charge in [0, 0.05) is 5.56 Å². The van der Waals surface area contributed by atoms with Crippen molar-refractivity contribution in [3.63, 3.8) is 0 Å². The summed E-state index contributed by atoms with van der Waals surface area (Å²) >= 11 is 3.36. The van der Waals surface area contributed by atoms with Crippen LogP contribution in [0, 0.1) is 6.92 Å². The van der Waals surface area contributed by atoms with Crippen molar-refractivity contribution in [3.05, 3.63) is 29.3 Å². The third-order valence-electron chi connectivity index (χ3n) is 2.32. The van der Waals surface area contributed by atoms with Crippen molar-refractivity contribution < 1.29 is 9.53 Å². The molecule has 1 aromatic carbocycles. The highest BCUT2D eigenvalue weighted by atomic mass is 79.9. The number of aryl methyl sites for hydroxylation is 1. The van der Waals surface area contributed by atoms with Gasteiger partial charge in [0.05, 0.1) is 11.9 Å². The molecule has 0 radical (unpaired) electrons. The van der Waals surface area contributed by atoms with Gasteiger partial charge in [-0.2, -0.15) is 0 Å². The Kier molecular flexibility index (Phi) is 4.33. The van der Waals surface area contributed by atoms with Crippen LogP contribution in [0.15, 0.2) is 18.2 Å². The smallest absolute Gasteiger partial charge is 0.176 e. The second-order valence-corrected chi connectivity index (χ2v) is 4.53. The number of carbonyl (C=O) groups excluding carboxylic acids is 1. The summed E-state index contributed by atoms with van der Waals surface area (Å²) in [6.07, 6.45) is 0.796. The topological polar surface area (TPSA) is 26.3 Å². The second kappa shape index (κ2) is 5.31. The van der Waals surface area contributed by atoms with Crippen molar-refractivity contribution in [2.45, 2.75) is 25.1 Å². The molecule has 0 saturated heterocycles. The van der Waals surface area contributed by atoms with Gasteiger partial charge in [0.25, 0.3) is 0 Å². The normalized spacial score (nSPS) is 12.3. The van der Waals surface area contributed by atoms with Crippen LogP contribution in [0.25, 0.3) is 0 Å². The quantitative estimate of drug-likeness (QED) is 0.620. The Labute approximate surface area is 98.8 Å². The van der Waals surface area contributed by atoms with E-state index in [1.807, 2.05) is 26.0 Å². The van der Waals surface area contributed by atoms with E-state index in [9.17, 15) is 4.79 Å². The number of Topliss-reactive ketones (excluding diaryl/α,β-unsaturated/α-hetero) is 1. The van der Waals surface area contributed by atoms with E-state index >= 15 is 0 Å². The maximum absolute atomic E-state index is 11.8. The molecule has 0 aliphatic heterocycles. The maximum Gasteiger partial charge on any atom is 0.176 e. The number of methoxy groups -OCH3 is 1. The lowest BCUT2D eigenvalue weighted by molar-refractivity contribution is 0.0990. The molecule has 1 atom stereocenters. The van der Waals surface area contributed by atoms with Crippen molar-refractivity contribution in [2.24, 2.45) is 0 Å². The number of rotatable bonds is 4. The van der Waals surface area contributed by atoms with E-state index in [1.54, 1.807) is 13.2 Å².